The second kappa shape index (κ2) is 7.05. The monoisotopic (exact) mass is 232 g/mol. The highest BCUT2D eigenvalue weighted by atomic mass is 16.4. The molecular weight excluding hydrogens is 212 g/mol. The van der Waals surface area contributed by atoms with Crippen molar-refractivity contribution in [2.24, 2.45) is 0 Å². The summed E-state index contributed by atoms with van der Waals surface area (Å²) in [6.45, 7) is 3.37. The molecule has 0 bridgehead atoms. The summed E-state index contributed by atoms with van der Waals surface area (Å²) in [5, 5.41) is 20.0. The van der Waals surface area contributed by atoms with E-state index in [-0.39, 0.29) is 31.1 Å². The van der Waals surface area contributed by atoms with Crippen LogP contribution in [0.2, 0.25) is 0 Å². The third-order valence-corrected chi connectivity index (χ3v) is 2.41. The lowest BCUT2D eigenvalue weighted by molar-refractivity contribution is -0.137. The Morgan fingerprint density at radius 1 is 1.38 bits per heavy atom. The van der Waals surface area contributed by atoms with Gasteiger partial charge in [0.1, 0.15) is 0 Å². The average Bonchev–Trinajstić information content (AvgIpc) is 2.24. The van der Waals surface area contributed by atoms with Gasteiger partial charge in [0, 0.05) is 19.5 Å². The first-order chi connectivity index (χ1) is 7.38. The highest BCUT2D eigenvalue weighted by Gasteiger charge is 2.16. The maximum Gasteiger partial charge on any atom is 0.317 e. The summed E-state index contributed by atoms with van der Waals surface area (Å²) in [6, 6.07) is -0.761. The predicted octanol–water partition coefficient (Wildman–Crippen LogP) is 0.262. The van der Waals surface area contributed by atoms with E-state index in [1.54, 1.807) is 20.9 Å². The largest absolute Gasteiger partial charge is 0.481 e. The molecule has 0 aromatic heterocycles. The maximum absolute atomic E-state index is 11.6. The zero-order chi connectivity index (χ0) is 12.7. The van der Waals surface area contributed by atoms with E-state index in [9.17, 15) is 9.59 Å². The van der Waals surface area contributed by atoms with E-state index in [1.165, 1.54) is 4.90 Å². The van der Waals surface area contributed by atoms with Gasteiger partial charge in [-0.15, -0.1) is 0 Å². The SMILES string of the molecule is CC(CCC(=O)O)NC(=O)N(C)C(C)CO. The Bertz CT molecular complexity index is 245. The van der Waals surface area contributed by atoms with Gasteiger partial charge in [-0.3, -0.25) is 4.79 Å². The van der Waals surface area contributed by atoms with Gasteiger partial charge in [0.15, 0.2) is 0 Å². The van der Waals surface area contributed by atoms with Gasteiger partial charge in [0.2, 0.25) is 0 Å². The molecule has 6 heteroatoms. The Kier molecular flexibility index (Phi) is 6.48. The molecule has 0 heterocycles. The van der Waals surface area contributed by atoms with Gasteiger partial charge in [0.05, 0.1) is 12.6 Å². The Morgan fingerprint density at radius 2 is 1.94 bits per heavy atom. The van der Waals surface area contributed by atoms with Crippen molar-refractivity contribution in [1.29, 1.82) is 0 Å². The summed E-state index contributed by atoms with van der Waals surface area (Å²) < 4.78 is 0. The smallest absolute Gasteiger partial charge is 0.317 e. The van der Waals surface area contributed by atoms with Crippen molar-refractivity contribution >= 4 is 12.0 Å². The first-order valence-corrected chi connectivity index (χ1v) is 5.24. The molecule has 0 aromatic carbocycles. The molecule has 0 saturated heterocycles. The average molecular weight is 232 g/mol. The molecule has 0 spiro atoms. The first-order valence-electron chi connectivity index (χ1n) is 5.24. The number of aliphatic hydroxyl groups excluding tert-OH is 1. The number of hydrogen-bond acceptors (Lipinski definition) is 3. The van der Waals surface area contributed by atoms with Crippen LogP contribution in [0, 0.1) is 0 Å². The molecular formula is C10H20N2O4. The molecule has 0 aliphatic rings. The van der Waals surface area contributed by atoms with E-state index >= 15 is 0 Å². The van der Waals surface area contributed by atoms with Crippen molar-refractivity contribution in [3.05, 3.63) is 0 Å². The minimum atomic E-state index is -0.877. The third-order valence-electron chi connectivity index (χ3n) is 2.41. The third kappa shape index (κ3) is 5.55. The molecule has 0 aromatic rings. The molecule has 0 radical (unpaired) electrons. The summed E-state index contributed by atoms with van der Waals surface area (Å²) in [5.41, 5.74) is 0. The van der Waals surface area contributed by atoms with Gasteiger partial charge in [-0.25, -0.2) is 4.79 Å². The van der Waals surface area contributed by atoms with E-state index in [4.69, 9.17) is 10.2 Å². The van der Waals surface area contributed by atoms with Crippen molar-refractivity contribution in [3.8, 4) is 0 Å². The fraction of sp³-hybridized carbons (Fsp3) is 0.800. The molecule has 3 N–H and O–H groups in total. The number of rotatable bonds is 6. The quantitative estimate of drug-likeness (QED) is 0.613. The predicted molar refractivity (Wildman–Crippen MR) is 59.2 cm³/mol. The van der Waals surface area contributed by atoms with Crippen LogP contribution in [0.3, 0.4) is 0 Å². The van der Waals surface area contributed by atoms with E-state index in [2.05, 4.69) is 5.32 Å². The first kappa shape index (κ1) is 14.7. The van der Waals surface area contributed by atoms with Gasteiger partial charge < -0.3 is 20.4 Å². The molecule has 2 amide bonds. The number of likely N-dealkylation sites (N-methyl/N-ethyl adjacent to an activating group) is 1. The summed E-state index contributed by atoms with van der Waals surface area (Å²) in [4.78, 5) is 23.3. The number of aliphatic carboxylic acids is 1. The second-order valence-corrected chi connectivity index (χ2v) is 3.93. The lowest BCUT2D eigenvalue weighted by Crippen LogP contribution is -2.46. The summed E-state index contributed by atoms with van der Waals surface area (Å²) >= 11 is 0. The van der Waals surface area contributed by atoms with Crippen molar-refractivity contribution in [2.45, 2.75) is 38.8 Å². The fourth-order valence-electron chi connectivity index (χ4n) is 1.05. The number of carbonyl (C=O) groups excluding carboxylic acids is 1. The van der Waals surface area contributed by atoms with Crippen LogP contribution >= 0.6 is 0 Å². The minimum absolute atomic E-state index is 0.0285. The number of urea groups is 1. The topological polar surface area (TPSA) is 89.9 Å². The standard InChI is InChI=1S/C10H20N2O4/c1-7(4-5-9(14)15)11-10(16)12(3)8(2)6-13/h7-8,13H,4-6H2,1-3H3,(H,11,16)(H,14,15). The van der Waals surface area contributed by atoms with Gasteiger partial charge in [-0.05, 0) is 20.3 Å². The van der Waals surface area contributed by atoms with Gasteiger partial charge in [-0.1, -0.05) is 0 Å². The normalized spacial score (nSPS) is 14.0. The Hall–Kier alpha value is -1.30. The number of carbonyl (C=O) groups is 2. The molecule has 16 heavy (non-hydrogen) atoms. The van der Waals surface area contributed by atoms with Crippen LogP contribution in [-0.2, 0) is 4.79 Å². The number of nitrogens with zero attached hydrogens (tertiary/aromatic N) is 1. The number of carboxylic acids is 1. The Morgan fingerprint density at radius 3 is 2.38 bits per heavy atom. The molecule has 0 saturated carbocycles. The highest BCUT2D eigenvalue weighted by Crippen LogP contribution is 2.00. The molecule has 2 atom stereocenters. The Labute approximate surface area is 95.2 Å². The lowest BCUT2D eigenvalue weighted by Gasteiger charge is -2.25. The molecule has 2 unspecified atom stereocenters. The van der Waals surface area contributed by atoms with Crippen LogP contribution in [0.15, 0.2) is 0 Å². The second-order valence-electron chi connectivity index (χ2n) is 3.93. The summed E-state index contributed by atoms with van der Waals surface area (Å²) in [5.74, 6) is -0.877. The Balaban J connectivity index is 3.98. The zero-order valence-corrected chi connectivity index (χ0v) is 9.93. The molecule has 0 rings (SSSR count). The van der Waals surface area contributed by atoms with Crippen molar-refractivity contribution < 1.29 is 19.8 Å². The molecule has 0 fully saturated rings. The van der Waals surface area contributed by atoms with Crippen molar-refractivity contribution in [2.75, 3.05) is 13.7 Å². The number of hydrogen-bond donors (Lipinski definition) is 3. The molecule has 0 aliphatic carbocycles. The van der Waals surface area contributed by atoms with Crippen LogP contribution in [-0.4, -0.2) is 52.9 Å². The van der Waals surface area contributed by atoms with Crippen molar-refractivity contribution in [1.82, 2.24) is 10.2 Å². The number of carboxylic acid groups (broad SMARTS) is 1. The molecule has 94 valence electrons. The van der Waals surface area contributed by atoms with E-state index in [0.29, 0.717) is 6.42 Å². The van der Waals surface area contributed by atoms with Crippen LogP contribution in [0.1, 0.15) is 26.7 Å². The lowest BCUT2D eigenvalue weighted by atomic mass is 10.2. The van der Waals surface area contributed by atoms with Gasteiger partial charge in [0.25, 0.3) is 0 Å². The van der Waals surface area contributed by atoms with Crippen LogP contribution < -0.4 is 5.32 Å². The van der Waals surface area contributed by atoms with Crippen molar-refractivity contribution in [3.63, 3.8) is 0 Å². The summed E-state index contributed by atoms with van der Waals surface area (Å²) in [7, 11) is 1.58. The number of aliphatic hydroxyl groups is 1. The van der Waals surface area contributed by atoms with Crippen LogP contribution in [0.5, 0.6) is 0 Å². The molecule has 0 aliphatic heterocycles. The van der Waals surface area contributed by atoms with E-state index in [0.717, 1.165) is 0 Å². The summed E-state index contributed by atoms with van der Waals surface area (Å²) in [6.07, 6.45) is 0.420. The van der Waals surface area contributed by atoms with E-state index in [1.807, 2.05) is 0 Å². The molecule has 6 nitrogen and oxygen atoms in total. The fourth-order valence-corrected chi connectivity index (χ4v) is 1.05. The minimum Gasteiger partial charge on any atom is -0.481 e. The maximum atomic E-state index is 11.6. The highest BCUT2D eigenvalue weighted by molar-refractivity contribution is 5.74. The number of nitrogens with one attached hydrogen (secondary N) is 1. The van der Waals surface area contributed by atoms with E-state index < -0.39 is 5.97 Å². The van der Waals surface area contributed by atoms with Crippen LogP contribution in [0.4, 0.5) is 4.79 Å². The van der Waals surface area contributed by atoms with Gasteiger partial charge >= 0.3 is 12.0 Å². The zero-order valence-electron chi connectivity index (χ0n) is 9.93. The number of amides is 2. The van der Waals surface area contributed by atoms with Crippen LogP contribution in [0.25, 0.3) is 0 Å². The van der Waals surface area contributed by atoms with Gasteiger partial charge in [-0.2, -0.15) is 0 Å².